The van der Waals surface area contributed by atoms with Crippen LogP contribution < -0.4 is 15.8 Å². The summed E-state index contributed by atoms with van der Waals surface area (Å²) in [6.45, 7) is 7.20. The summed E-state index contributed by atoms with van der Waals surface area (Å²) in [5, 5.41) is 2.84. The lowest BCUT2D eigenvalue weighted by atomic mass is 10.00. The summed E-state index contributed by atoms with van der Waals surface area (Å²) in [6.07, 6.45) is 1.47. The van der Waals surface area contributed by atoms with Crippen LogP contribution in [0.5, 0.6) is 5.75 Å². The number of amides is 1. The molecule has 0 aliphatic heterocycles. The standard InChI is InChI=1S/C16H27N3O2/c1-6-16(2,3)19(4)10-9-15(20)18-14-8-7-12(21-5)11-13(14)17/h7-8,11H,6,9-10,17H2,1-5H3,(H,18,20). The molecule has 5 nitrogen and oxygen atoms in total. The van der Waals surface area contributed by atoms with E-state index in [9.17, 15) is 4.79 Å². The topological polar surface area (TPSA) is 67.6 Å². The van der Waals surface area contributed by atoms with Crippen LogP contribution in [0.1, 0.15) is 33.6 Å². The maximum atomic E-state index is 12.0. The van der Waals surface area contributed by atoms with Crippen molar-refractivity contribution >= 4 is 17.3 Å². The second-order valence-corrected chi connectivity index (χ2v) is 5.84. The zero-order valence-corrected chi connectivity index (χ0v) is 13.7. The highest BCUT2D eigenvalue weighted by Gasteiger charge is 2.21. The van der Waals surface area contributed by atoms with Crippen LogP contribution in [0.4, 0.5) is 11.4 Å². The number of anilines is 2. The predicted octanol–water partition coefficient (Wildman–Crippen LogP) is 2.73. The molecule has 0 aliphatic rings. The van der Waals surface area contributed by atoms with Crippen LogP contribution in [0.25, 0.3) is 0 Å². The number of carbonyl (C=O) groups excluding carboxylic acids is 1. The summed E-state index contributed by atoms with van der Waals surface area (Å²) in [5.41, 5.74) is 7.11. The zero-order valence-electron chi connectivity index (χ0n) is 13.7. The van der Waals surface area contributed by atoms with Gasteiger partial charge in [-0.1, -0.05) is 6.92 Å². The van der Waals surface area contributed by atoms with Crippen LogP contribution in [-0.4, -0.2) is 37.0 Å². The van der Waals surface area contributed by atoms with Crippen LogP contribution >= 0.6 is 0 Å². The Kier molecular flexibility index (Phi) is 6.03. The maximum Gasteiger partial charge on any atom is 0.225 e. The van der Waals surface area contributed by atoms with Crippen LogP contribution in [0.15, 0.2) is 18.2 Å². The van der Waals surface area contributed by atoms with Gasteiger partial charge in [-0.3, -0.25) is 4.79 Å². The quantitative estimate of drug-likeness (QED) is 0.759. The first-order valence-corrected chi connectivity index (χ1v) is 7.24. The van der Waals surface area contributed by atoms with Crippen molar-refractivity contribution in [2.24, 2.45) is 0 Å². The number of ether oxygens (including phenoxy) is 1. The average molecular weight is 293 g/mol. The van der Waals surface area contributed by atoms with E-state index in [1.165, 1.54) is 0 Å². The van der Waals surface area contributed by atoms with Gasteiger partial charge in [-0.15, -0.1) is 0 Å². The number of nitrogens with zero attached hydrogens (tertiary/aromatic N) is 1. The van der Waals surface area contributed by atoms with Crippen molar-refractivity contribution < 1.29 is 9.53 Å². The van der Waals surface area contributed by atoms with Gasteiger partial charge in [0.15, 0.2) is 0 Å². The summed E-state index contributed by atoms with van der Waals surface area (Å²) in [7, 11) is 3.62. The summed E-state index contributed by atoms with van der Waals surface area (Å²) >= 11 is 0. The largest absolute Gasteiger partial charge is 0.497 e. The third kappa shape index (κ3) is 4.93. The Morgan fingerprint density at radius 1 is 1.43 bits per heavy atom. The molecule has 0 atom stereocenters. The first kappa shape index (κ1) is 17.3. The summed E-state index contributed by atoms with van der Waals surface area (Å²) < 4.78 is 5.08. The molecule has 1 rings (SSSR count). The van der Waals surface area contributed by atoms with E-state index in [1.807, 2.05) is 7.05 Å². The van der Waals surface area contributed by atoms with E-state index in [-0.39, 0.29) is 11.4 Å². The fourth-order valence-corrected chi connectivity index (χ4v) is 1.84. The molecule has 0 heterocycles. The molecular weight excluding hydrogens is 266 g/mol. The molecule has 0 aromatic heterocycles. The van der Waals surface area contributed by atoms with Crippen molar-refractivity contribution in [3.8, 4) is 5.75 Å². The Bertz CT molecular complexity index is 486. The number of nitrogen functional groups attached to an aromatic ring is 1. The number of rotatable bonds is 7. The molecule has 0 radical (unpaired) electrons. The Hall–Kier alpha value is -1.75. The maximum absolute atomic E-state index is 12.0. The number of methoxy groups -OCH3 is 1. The molecule has 0 saturated heterocycles. The lowest BCUT2D eigenvalue weighted by molar-refractivity contribution is -0.116. The van der Waals surface area contributed by atoms with Gasteiger partial charge in [0.05, 0.1) is 18.5 Å². The first-order valence-electron chi connectivity index (χ1n) is 7.24. The van der Waals surface area contributed by atoms with E-state index in [4.69, 9.17) is 10.5 Å². The monoisotopic (exact) mass is 293 g/mol. The molecular formula is C16H27N3O2. The van der Waals surface area contributed by atoms with E-state index in [1.54, 1.807) is 25.3 Å². The molecule has 1 amide bonds. The van der Waals surface area contributed by atoms with E-state index in [2.05, 4.69) is 31.0 Å². The van der Waals surface area contributed by atoms with Crippen LogP contribution in [0, 0.1) is 0 Å². The number of nitrogens with two attached hydrogens (primary N) is 1. The zero-order chi connectivity index (χ0) is 16.0. The Morgan fingerprint density at radius 3 is 2.62 bits per heavy atom. The van der Waals surface area contributed by atoms with Crippen molar-refractivity contribution in [2.75, 3.05) is 31.8 Å². The molecule has 0 unspecified atom stereocenters. The number of nitrogens with one attached hydrogen (secondary N) is 1. The van der Waals surface area contributed by atoms with E-state index in [0.29, 0.717) is 30.1 Å². The van der Waals surface area contributed by atoms with Gasteiger partial charge < -0.3 is 20.7 Å². The van der Waals surface area contributed by atoms with Crippen LogP contribution in [-0.2, 0) is 4.79 Å². The van der Waals surface area contributed by atoms with Gasteiger partial charge in [-0.25, -0.2) is 0 Å². The number of hydrogen-bond donors (Lipinski definition) is 2. The van der Waals surface area contributed by atoms with Gasteiger partial charge >= 0.3 is 0 Å². The molecule has 1 aromatic rings. The van der Waals surface area contributed by atoms with Gasteiger partial charge in [0.2, 0.25) is 5.91 Å². The molecule has 3 N–H and O–H groups in total. The SMILES string of the molecule is CCC(C)(C)N(C)CCC(=O)Nc1ccc(OC)cc1N. The third-order valence-electron chi connectivity index (χ3n) is 4.11. The summed E-state index contributed by atoms with van der Waals surface area (Å²) in [5.74, 6) is 0.639. The molecule has 0 fully saturated rings. The molecule has 0 spiro atoms. The van der Waals surface area contributed by atoms with Crippen molar-refractivity contribution in [3.63, 3.8) is 0 Å². The Balaban J connectivity index is 2.55. The van der Waals surface area contributed by atoms with Crippen molar-refractivity contribution in [3.05, 3.63) is 18.2 Å². The smallest absolute Gasteiger partial charge is 0.225 e. The molecule has 0 aliphatic carbocycles. The third-order valence-corrected chi connectivity index (χ3v) is 4.11. The highest BCUT2D eigenvalue weighted by molar-refractivity contribution is 5.94. The minimum absolute atomic E-state index is 0.0365. The first-order chi connectivity index (χ1) is 9.80. The van der Waals surface area contributed by atoms with Crippen molar-refractivity contribution in [1.82, 2.24) is 4.90 Å². The number of carbonyl (C=O) groups is 1. The molecule has 5 heteroatoms. The molecule has 118 valence electrons. The van der Waals surface area contributed by atoms with E-state index < -0.39 is 0 Å². The molecule has 21 heavy (non-hydrogen) atoms. The second-order valence-electron chi connectivity index (χ2n) is 5.84. The predicted molar refractivity (Wildman–Crippen MR) is 87.7 cm³/mol. The molecule has 1 aromatic carbocycles. The highest BCUT2D eigenvalue weighted by Crippen LogP contribution is 2.24. The van der Waals surface area contributed by atoms with Gasteiger partial charge in [-0.2, -0.15) is 0 Å². The molecule has 0 bridgehead atoms. The highest BCUT2D eigenvalue weighted by atomic mass is 16.5. The average Bonchev–Trinajstić information content (AvgIpc) is 2.46. The minimum atomic E-state index is -0.0365. The van der Waals surface area contributed by atoms with Crippen LogP contribution in [0.2, 0.25) is 0 Å². The van der Waals surface area contributed by atoms with Gasteiger partial charge in [-0.05, 0) is 39.4 Å². The van der Waals surface area contributed by atoms with Gasteiger partial charge in [0.1, 0.15) is 5.75 Å². The van der Waals surface area contributed by atoms with E-state index in [0.717, 1.165) is 6.42 Å². The van der Waals surface area contributed by atoms with Crippen molar-refractivity contribution in [2.45, 2.75) is 39.2 Å². The van der Waals surface area contributed by atoms with Crippen LogP contribution in [0.3, 0.4) is 0 Å². The van der Waals surface area contributed by atoms with E-state index >= 15 is 0 Å². The van der Waals surface area contributed by atoms with Crippen molar-refractivity contribution in [1.29, 1.82) is 0 Å². The molecule has 0 saturated carbocycles. The Morgan fingerprint density at radius 2 is 2.10 bits per heavy atom. The minimum Gasteiger partial charge on any atom is -0.497 e. The summed E-state index contributed by atoms with van der Waals surface area (Å²) in [6, 6.07) is 5.23. The lowest BCUT2D eigenvalue weighted by Crippen LogP contribution is -2.41. The lowest BCUT2D eigenvalue weighted by Gasteiger charge is -2.34. The van der Waals surface area contributed by atoms with Gasteiger partial charge in [0.25, 0.3) is 0 Å². The fraction of sp³-hybridized carbons (Fsp3) is 0.562. The number of benzene rings is 1. The number of hydrogen-bond acceptors (Lipinski definition) is 4. The Labute approximate surface area is 127 Å². The summed E-state index contributed by atoms with van der Waals surface area (Å²) in [4.78, 5) is 14.2. The van der Waals surface area contributed by atoms with Gasteiger partial charge in [0, 0.05) is 24.6 Å². The normalized spacial score (nSPS) is 11.5. The fourth-order valence-electron chi connectivity index (χ4n) is 1.84. The second kappa shape index (κ2) is 7.31.